The minimum absolute atomic E-state index is 0.653. The van der Waals surface area contributed by atoms with Gasteiger partial charge in [0.05, 0.1) is 0 Å². The quantitative estimate of drug-likeness (QED) is 0.591. The molecule has 0 heterocycles. The van der Waals surface area contributed by atoms with Gasteiger partial charge in [-0.3, -0.25) is 0 Å². The van der Waals surface area contributed by atoms with Crippen molar-refractivity contribution in [2.45, 2.75) is 10.8 Å². The van der Waals surface area contributed by atoms with E-state index >= 15 is 0 Å². The van der Waals surface area contributed by atoms with Gasteiger partial charge in [-0.1, -0.05) is 53.5 Å². The molecule has 0 saturated heterocycles. The molecule has 0 bridgehead atoms. The molecular formula is C12H8Cl2. The summed E-state index contributed by atoms with van der Waals surface area (Å²) >= 11 is 12.2. The van der Waals surface area contributed by atoms with Crippen LogP contribution in [0.3, 0.4) is 0 Å². The van der Waals surface area contributed by atoms with Crippen LogP contribution in [0.5, 0.6) is 0 Å². The van der Waals surface area contributed by atoms with E-state index < -0.39 is 4.33 Å². The van der Waals surface area contributed by atoms with Gasteiger partial charge in [-0.05, 0) is 28.0 Å². The molecule has 0 aromatic heterocycles. The van der Waals surface area contributed by atoms with Crippen molar-refractivity contribution < 1.29 is 0 Å². The maximum Gasteiger partial charge on any atom is 0.147 e. The van der Waals surface area contributed by atoms with Crippen molar-refractivity contribution in [1.29, 1.82) is 0 Å². The van der Waals surface area contributed by atoms with Crippen LogP contribution in [-0.4, -0.2) is 0 Å². The summed E-state index contributed by atoms with van der Waals surface area (Å²) in [6.45, 7) is 0. The molecule has 0 saturated carbocycles. The maximum atomic E-state index is 6.10. The Labute approximate surface area is 92.4 Å². The summed E-state index contributed by atoms with van der Waals surface area (Å²) < 4.78 is -0.653. The van der Waals surface area contributed by atoms with Crippen LogP contribution in [0.2, 0.25) is 0 Å². The van der Waals surface area contributed by atoms with Crippen LogP contribution in [0, 0.1) is 0 Å². The van der Waals surface area contributed by atoms with Crippen LogP contribution in [0.1, 0.15) is 11.1 Å². The lowest BCUT2D eigenvalue weighted by Crippen LogP contribution is -2.27. The monoisotopic (exact) mass is 222 g/mol. The SMILES string of the molecule is ClC1(Cl)Cc2cc3ccccc3cc21. The summed E-state index contributed by atoms with van der Waals surface area (Å²) in [6, 6.07) is 12.5. The van der Waals surface area contributed by atoms with Crippen molar-refractivity contribution in [2.24, 2.45) is 0 Å². The fourth-order valence-electron chi connectivity index (χ4n) is 2.00. The van der Waals surface area contributed by atoms with E-state index in [-0.39, 0.29) is 0 Å². The van der Waals surface area contributed by atoms with Crippen LogP contribution in [0.4, 0.5) is 0 Å². The Morgan fingerprint density at radius 3 is 2.29 bits per heavy atom. The summed E-state index contributed by atoms with van der Waals surface area (Å²) in [7, 11) is 0. The van der Waals surface area contributed by atoms with Crippen LogP contribution < -0.4 is 0 Å². The smallest absolute Gasteiger partial charge is 0.0959 e. The average Bonchev–Trinajstić information content (AvgIpc) is 2.16. The molecule has 2 aromatic rings. The molecule has 0 nitrogen and oxygen atoms in total. The summed E-state index contributed by atoms with van der Waals surface area (Å²) in [4.78, 5) is 0. The molecule has 0 aliphatic heterocycles. The minimum Gasteiger partial charge on any atom is -0.0959 e. The number of benzene rings is 2. The van der Waals surface area contributed by atoms with Gasteiger partial charge in [0.1, 0.15) is 4.33 Å². The van der Waals surface area contributed by atoms with E-state index in [1.165, 1.54) is 16.3 Å². The van der Waals surface area contributed by atoms with E-state index in [9.17, 15) is 0 Å². The number of alkyl halides is 2. The largest absolute Gasteiger partial charge is 0.147 e. The van der Waals surface area contributed by atoms with E-state index in [4.69, 9.17) is 23.2 Å². The first-order chi connectivity index (χ1) is 6.67. The standard InChI is InChI=1S/C12H8Cl2/c13-12(14)7-10-5-8-3-1-2-4-9(8)6-11(10)12/h1-6H,7H2. The topological polar surface area (TPSA) is 0 Å². The Balaban J connectivity index is 2.32. The first-order valence-electron chi connectivity index (χ1n) is 4.57. The van der Waals surface area contributed by atoms with Crippen LogP contribution in [-0.2, 0) is 10.8 Å². The van der Waals surface area contributed by atoms with Crippen molar-refractivity contribution >= 4 is 34.0 Å². The molecule has 0 spiro atoms. The third-order valence-electron chi connectivity index (χ3n) is 2.78. The predicted octanol–water partition coefficient (Wildman–Crippen LogP) is 4.03. The molecule has 0 amide bonds. The molecule has 0 N–H and O–H groups in total. The molecule has 0 atom stereocenters. The zero-order valence-corrected chi connectivity index (χ0v) is 8.94. The first-order valence-corrected chi connectivity index (χ1v) is 5.32. The highest BCUT2D eigenvalue weighted by Crippen LogP contribution is 2.49. The first kappa shape index (κ1) is 8.58. The van der Waals surface area contributed by atoms with Gasteiger partial charge in [0.25, 0.3) is 0 Å². The van der Waals surface area contributed by atoms with Gasteiger partial charge in [0, 0.05) is 6.42 Å². The second-order valence-electron chi connectivity index (χ2n) is 3.74. The van der Waals surface area contributed by atoms with Gasteiger partial charge in [0.2, 0.25) is 0 Å². The summed E-state index contributed by atoms with van der Waals surface area (Å²) in [5, 5.41) is 2.46. The van der Waals surface area contributed by atoms with Crippen molar-refractivity contribution in [1.82, 2.24) is 0 Å². The number of hydrogen-bond donors (Lipinski definition) is 0. The third-order valence-corrected chi connectivity index (χ3v) is 3.45. The molecule has 2 heteroatoms. The Kier molecular flexibility index (Phi) is 1.62. The Morgan fingerprint density at radius 2 is 1.64 bits per heavy atom. The Morgan fingerprint density at radius 1 is 1.00 bits per heavy atom. The van der Waals surface area contributed by atoms with Gasteiger partial charge < -0.3 is 0 Å². The van der Waals surface area contributed by atoms with Gasteiger partial charge >= 0.3 is 0 Å². The molecule has 0 fully saturated rings. The molecule has 1 aliphatic carbocycles. The zero-order chi connectivity index (χ0) is 9.76. The zero-order valence-electron chi connectivity index (χ0n) is 7.43. The highest BCUT2D eigenvalue weighted by molar-refractivity contribution is 6.49. The second kappa shape index (κ2) is 2.65. The second-order valence-corrected chi connectivity index (χ2v) is 5.22. The van der Waals surface area contributed by atoms with Crippen LogP contribution in [0.25, 0.3) is 10.8 Å². The van der Waals surface area contributed by atoms with Crippen molar-refractivity contribution in [3.05, 3.63) is 47.5 Å². The van der Waals surface area contributed by atoms with E-state index in [1.54, 1.807) is 0 Å². The summed E-state index contributed by atoms with van der Waals surface area (Å²) in [6.07, 6.45) is 0.760. The highest BCUT2D eigenvalue weighted by Gasteiger charge is 2.39. The minimum atomic E-state index is -0.653. The predicted molar refractivity (Wildman–Crippen MR) is 61.0 cm³/mol. The number of fused-ring (bicyclic) bond motifs is 2. The Hall–Kier alpha value is -0.720. The number of rotatable bonds is 0. The van der Waals surface area contributed by atoms with Crippen molar-refractivity contribution in [3.8, 4) is 0 Å². The lowest BCUT2D eigenvalue weighted by atomic mass is 9.85. The molecule has 3 rings (SSSR count). The fourth-order valence-corrected chi connectivity index (χ4v) is 2.64. The third kappa shape index (κ3) is 1.08. The lowest BCUT2D eigenvalue weighted by Gasteiger charge is -2.33. The number of halogens is 2. The summed E-state index contributed by atoms with van der Waals surface area (Å²) in [5.41, 5.74) is 2.34. The van der Waals surface area contributed by atoms with Crippen LogP contribution >= 0.6 is 23.2 Å². The molecule has 0 radical (unpaired) electrons. The summed E-state index contributed by atoms with van der Waals surface area (Å²) in [5.74, 6) is 0. The van der Waals surface area contributed by atoms with E-state index in [2.05, 4.69) is 24.3 Å². The molecule has 1 aliphatic rings. The fraction of sp³-hybridized carbons (Fsp3) is 0.167. The van der Waals surface area contributed by atoms with Gasteiger partial charge in [0.15, 0.2) is 0 Å². The van der Waals surface area contributed by atoms with E-state index in [1.807, 2.05) is 12.1 Å². The van der Waals surface area contributed by atoms with E-state index in [0.717, 1.165) is 12.0 Å². The molecule has 0 unspecified atom stereocenters. The van der Waals surface area contributed by atoms with E-state index in [0.29, 0.717) is 0 Å². The molecule has 14 heavy (non-hydrogen) atoms. The van der Waals surface area contributed by atoms with Gasteiger partial charge in [-0.25, -0.2) is 0 Å². The van der Waals surface area contributed by atoms with Crippen molar-refractivity contribution in [2.75, 3.05) is 0 Å². The van der Waals surface area contributed by atoms with Gasteiger partial charge in [-0.15, -0.1) is 0 Å². The van der Waals surface area contributed by atoms with Crippen LogP contribution in [0.15, 0.2) is 36.4 Å². The Bertz CT molecular complexity index is 515. The van der Waals surface area contributed by atoms with Crippen molar-refractivity contribution in [3.63, 3.8) is 0 Å². The molecule has 2 aromatic carbocycles. The number of hydrogen-bond acceptors (Lipinski definition) is 0. The van der Waals surface area contributed by atoms with Gasteiger partial charge in [-0.2, -0.15) is 0 Å². The highest BCUT2D eigenvalue weighted by atomic mass is 35.5. The molecule has 70 valence electrons. The lowest BCUT2D eigenvalue weighted by molar-refractivity contribution is 0.732. The maximum absolute atomic E-state index is 6.10. The average molecular weight is 223 g/mol. The molecular weight excluding hydrogens is 215 g/mol. The normalized spacial score (nSPS) is 17.6.